The third-order valence-electron chi connectivity index (χ3n) is 6.95. The van der Waals surface area contributed by atoms with Gasteiger partial charge in [0.05, 0.1) is 18.0 Å². The van der Waals surface area contributed by atoms with Crippen molar-refractivity contribution in [2.75, 3.05) is 20.1 Å². The number of hydrogen-bond acceptors (Lipinski definition) is 5. The van der Waals surface area contributed by atoms with Crippen molar-refractivity contribution in [2.24, 2.45) is 11.8 Å². The first-order chi connectivity index (χ1) is 16.5. The van der Waals surface area contributed by atoms with Crippen LogP contribution in [0.5, 0.6) is 11.5 Å². The first-order valence-corrected chi connectivity index (χ1v) is 11.6. The molecule has 5 rings (SSSR count). The Morgan fingerprint density at radius 1 is 1.06 bits per heavy atom. The number of carboxylic acids is 1. The average molecular weight is 461 g/mol. The number of carbonyl (C=O) groups is 2. The number of benzene rings is 2. The molecule has 8 nitrogen and oxygen atoms in total. The molecular weight excluding hydrogens is 432 g/mol. The van der Waals surface area contributed by atoms with Crippen LogP contribution in [0.25, 0.3) is 0 Å². The Labute approximate surface area is 198 Å². The van der Waals surface area contributed by atoms with E-state index < -0.39 is 5.97 Å². The Morgan fingerprint density at radius 2 is 1.76 bits per heavy atom. The van der Waals surface area contributed by atoms with Gasteiger partial charge in [-0.2, -0.15) is 9.78 Å². The van der Waals surface area contributed by atoms with Gasteiger partial charge in [-0.25, -0.2) is 9.59 Å². The fourth-order valence-corrected chi connectivity index (χ4v) is 5.22. The summed E-state index contributed by atoms with van der Waals surface area (Å²) in [5.41, 5.74) is 1.23. The lowest BCUT2D eigenvalue weighted by molar-refractivity contribution is 0.0697. The maximum absolute atomic E-state index is 12.7. The summed E-state index contributed by atoms with van der Waals surface area (Å²) in [4.78, 5) is 28.0. The van der Waals surface area contributed by atoms with Gasteiger partial charge in [0.25, 0.3) is 0 Å². The molecule has 1 saturated heterocycles. The highest BCUT2D eigenvalue weighted by Gasteiger charge is 2.43. The number of carboxylic acid groups (broad SMARTS) is 1. The van der Waals surface area contributed by atoms with Crippen molar-refractivity contribution in [3.8, 4) is 11.5 Å². The zero-order valence-corrected chi connectivity index (χ0v) is 19.1. The highest BCUT2D eigenvalue weighted by molar-refractivity contribution is 5.88. The topological polar surface area (TPSA) is 87.9 Å². The molecule has 1 aliphatic carbocycles. The quantitative estimate of drug-likeness (QED) is 0.594. The lowest BCUT2D eigenvalue weighted by Crippen LogP contribution is -2.36. The Morgan fingerprint density at radius 3 is 2.44 bits per heavy atom. The minimum atomic E-state index is -1.08. The molecule has 176 valence electrons. The number of amides is 1. The number of aromatic nitrogens is 2. The number of likely N-dealkylation sites (tertiary alicyclic amines) is 1. The average Bonchev–Trinajstić information content (AvgIpc) is 3.55. The lowest BCUT2D eigenvalue weighted by atomic mass is 10.0. The van der Waals surface area contributed by atoms with E-state index in [2.05, 4.69) is 29.2 Å². The van der Waals surface area contributed by atoms with E-state index in [1.165, 1.54) is 18.0 Å². The fraction of sp³-hybridized carbons (Fsp3) is 0.346. The maximum Gasteiger partial charge on any atom is 0.344 e. The van der Waals surface area contributed by atoms with Crippen LogP contribution >= 0.6 is 0 Å². The van der Waals surface area contributed by atoms with Gasteiger partial charge in [0, 0.05) is 25.7 Å². The van der Waals surface area contributed by atoms with Gasteiger partial charge in [0.1, 0.15) is 11.5 Å². The van der Waals surface area contributed by atoms with Crippen LogP contribution in [0.2, 0.25) is 0 Å². The highest BCUT2D eigenvalue weighted by Crippen LogP contribution is 2.40. The summed E-state index contributed by atoms with van der Waals surface area (Å²) in [5, 5.41) is 13.0. The molecule has 1 amide bonds. The monoisotopic (exact) mass is 460 g/mol. The molecule has 1 N–H and O–H groups in total. The molecule has 2 aromatic carbocycles. The van der Waals surface area contributed by atoms with Gasteiger partial charge in [-0.15, -0.1) is 0 Å². The zero-order chi connectivity index (χ0) is 23.7. The van der Waals surface area contributed by atoms with E-state index in [1.807, 2.05) is 42.5 Å². The van der Waals surface area contributed by atoms with Crippen LogP contribution in [-0.4, -0.2) is 62.9 Å². The molecule has 3 aromatic rings. The van der Waals surface area contributed by atoms with Crippen LogP contribution in [-0.2, 0) is 6.54 Å². The molecular formula is C26H28N4O4. The van der Waals surface area contributed by atoms with Gasteiger partial charge in [-0.1, -0.05) is 30.3 Å². The standard InChI is InChI=1S/C26H28N4O4/c1-28(14-18-6-5-9-24(10-18)34-23-7-3-2-4-8-23)22-11-19-15-29(16-20(19)12-22)26(33)30-17-21(13-27-30)25(31)32/h2-10,13,17,19-20,22H,11-12,14-16H2,1H3,(H,31,32)/t19-,20?,22?/m0/s1. The first kappa shape index (κ1) is 22.2. The molecule has 3 atom stereocenters. The summed E-state index contributed by atoms with van der Waals surface area (Å²) in [6, 6.07) is 18.2. The predicted octanol–water partition coefficient (Wildman–Crippen LogP) is 4.18. The second-order valence-corrected chi connectivity index (χ2v) is 9.29. The Kier molecular flexibility index (Phi) is 6.06. The number of ether oxygens (including phenoxy) is 1. The van der Waals surface area contributed by atoms with E-state index in [-0.39, 0.29) is 11.6 Å². The number of aromatic carboxylic acids is 1. The van der Waals surface area contributed by atoms with Crippen molar-refractivity contribution in [3.63, 3.8) is 0 Å². The van der Waals surface area contributed by atoms with Crippen molar-refractivity contribution in [3.05, 3.63) is 78.1 Å². The first-order valence-electron chi connectivity index (χ1n) is 11.6. The van der Waals surface area contributed by atoms with Crippen LogP contribution in [0.15, 0.2) is 67.0 Å². The maximum atomic E-state index is 12.7. The van der Waals surface area contributed by atoms with Crippen molar-refractivity contribution in [1.82, 2.24) is 19.6 Å². The summed E-state index contributed by atoms with van der Waals surface area (Å²) in [5.74, 6) is 1.49. The molecule has 2 unspecified atom stereocenters. The van der Waals surface area contributed by atoms with E-state index in [1.54, 1.807) is 4.90 Å². The van der Waals surface area contributed by atoms with Gasteiger partial charge >= 0.3 is 12.0 Å². The summed E-state index contributed by atoms with van der Waals surface area (Å²) >= 11 is 0. The van der Waals surface area contributed by atoms with E-state index in [4.69, 9.17) is 9.84 Å². The van der Waals surface area contributed by atoms with Gasteiger partial charge in [-0.05, 0) is 61.6 Å². The molecule has 34 heavy (non-hydrogen) atoms. The van der Waals surface area contributed by atoms with E-state index in [0.717, 1.165) is 35.6 Å². The van der Waals surface area contributed by atoms with Crippen LogP contribution in [0.3, 0.4) is 0 Å². The third-order valence-corrected chi connectivity index (χ3v) is 6.95. The smallest absolute Gasteiger partial charge is 0.344 e. The van der Waals surface area contributed by atoms with Gasteiger partial charge in [0.15, 0.2) is 0 Å². The normalized spacial score (nSPS) is 21.6. The van der Waals surface area contributed by atoms with Crippen LogP contribution in [0.1, 0.15) is 28.8 Å². The second-order valence-electron chi connectivity index (χ2n) is 9.29. The largest absolute Gasteiger partial charge is 0.478 e. The molecule has 1 aliphatic heterocycles. The van der Waals surface area contributed by atoms with E-state index in [9.17, 15) is 9.59 Å². The summed E-state index contributed by atoms with van der Waals surface area (Å²) < 4.78 is 7.11. The summed E-state index contributed by atoms with van der Waals surface area (Å²) in [6.07, 6.45) is 4.59. The van der Waals surface area contributed by atoms with Gasteiger partial charge in [-0.3, -0.25) is 4.90 Å². The van der Waals surface area contributed by atoms with Crippen LogP contribution in [0, 0.1) is 11.8 Å². The second kappa shape index (κ2) is 9.30. The summed E-state index contributed by atoms with van der Waals surface area (Å²) in [7, 11) is 2.16. The third kappa shape index (κ3) is 4.68. The van der Waals surface area contributed by atoms with Crippen molar-refractivity contribution < 1.29 is 19.4 Å². The molecule has 2 aliphatic rings. The SMILES string of the molecule is CN(Cc1cccc(Oc2ccccc2)c1)C1CC2CN(C(=O)n3cc(C(=O)O)cn3)C[C@@H]2C1. The lowest BCUT2D eigenvalue weighted by Gasteiger charge is -2.26. The molecule has 2 heterocycles. The number of fused-ring (bicyclic) bond motifs is 1. The summed E-state index contributed by atoms with van der Waals surface area (Å²) in [6.45, 7) is 2.22. The molecule has 1 saturated carbocycles. The van der Waals surface area contributed by atoms with Crippen LogP contribution < -0.4 is 4.74 Å². The molecule has 2 fully saturated rings. The number of rotatable bonds is 6. The molecule has 0 spiro atoms. The minimum Gasteiger partial charge on any atom is -0.478 e. The Hall–Kier alpha value is -3.65. The number of carbonyl (C=O) groups excluding carboxylic acids is 1. The van der Waals surface area contributed by atoms with Gasteiger partial charge < -0.3 is 14.7 Å². The Bertz CT molecular complexity index is 1160. The molecule has 8 heteroatoms. The number of nitrogens with zero attached hydrogens (tertiary/aromatic N) is 4. The van der Waals surface area contributed by atoms with E-state index >= 15 is 0 Å². The minimum absolute atomic E-state index is 0.0210. The predicted molar refractivity (Wildman–Crippen MR) is 126 cm³/mol. The fourth-order valence-electron chi connectivity index (χ4n) is 5.22. The molecule has 0 bridgehead atoms. The van der Waals surface area contributed by atoms with Crippen molar-refractivity contribution >= 4 is 12.0 Å². The number of para-hydroxylation sites is 1. The molecule has 1 aromatic heterocycles. The van der Waals surface area contributed by atoms with Crippen LogP contribution in [0.4, 0.5) is 4.79 Å². The van der Waals surface area contributed by atoms with E-state index in [0.29, 0.717) is 31.0 Å². The number of hydrogen-bond donors (Lipinski definition) is 1. The molecule has 0 radical (unpaired) electrons. The Balaban J connectivity index is 1.15. The van der Waals surface area contributed by atoms with Crippen molar-refractivity contribution in [1.29, 1.82) is 0 Å². The van der Waals surface area contributed by atoms with Crippen molar-refractivity contribution in [2.45, 2.75) is 25.4 Å². The highest BCUT2D eigenvalue weighted by atomic mass is 16.5. The van der Waals surface area contributed by atoms with Gasteiger partial charge in [0.2, 0.25) is 0 Å². The zero-order valence-electron chi connectivity index (χ0n) is 19.1.